The summed E-state index contributed by atoms with van der Waals surface area (Å²) in [4.78, 5) is 40.2. The Morgan fingerprint density at radius 1 is 0.875 bits per heavy atom. The summed E-state index contributed by atoms with van der Waals surface area (Å²) >= 11 is 0. The van der Waals surface area contributed by atoms with E-state index in [4.69, 9.17) is 9.47 Å². The van der Waals surface area contributed by atoms with Gasteiger partial charge in [0.05, 0.1) is 32.3 Å². The van der Waals surface area contributed by atoms with E-state index >= 15 is 0 Å². The van der Waals surface area contributed by atoms with E-state index in [1.165, 1.54) is 14.2 Å². The minimum Gasteiger partial charge on any atom is -0.469 e. The summed E-state index contributed by atoms with van der Waals surface area (Å²) in [6.45, 7) is 0.277. The van der Waals surface area contributed by atoms with Gasteiger partial charge in [0.1, 0.15) is 0 Å². The van der Waals surface area contributed by atoms with Gasteiger partial charge in [-0.05, 0) is 21.9 Å². The second kappa shape index (κ2) is 9.06. The van der Waals surface area contributed by atoms with Gasteiger partial charge in [0.25, 0.3) is 5.91 Å². The Morgan fingerprint density at radius 2 is 1.56 bits per heavy atom. The zero-order valence-electron chi connectivity index (χ0n) is 17.9. The lowest BCUT2D eigenvalue weighted by Crippen LogP contribution is -2.31. The number of carbonyl (C=O) groups is 3. The third-order valence-corrected chi connectivity index (χ3v) is 5.70. The number of nitrogens with zero attached hydrogens (tertiary/aromatic N) is 1. The number of hydrogen-bond donors (Lipinski definition) is 0. The van der Waals surface area contributed by atoms with Crippen molar-refractivity contribution >= 4 is 28.6 Å². The highest BCUT2D eigenvalue weighted by Gasteiger charge is 2.44. The largest absolute Gasteiger partial charge is 0.469 e. The van der Waals surface area contributed by atoms with Gasteiger partial charge in [0.15, 0.2) is 0 Å². The third kappa shape index (κ3) is 3.87. The number of carbonyl (C=O) groups excluding carboxylic acids is 3. The zero-order valence-corrected chi connectivity index (χ0v) is 17.9. The second-order valence-corrected chi connectivity index (χ2v) is 7.53. The number of esters is 2. The van der Waals surface area contributed by atoms with Crippen molar-refractivity contribution < 1.29 is 23.9 Å². The number of rotatable bonds is 6. The molecule has 4 rings (SSSR count). The van der Waals surface area contributed by atoms with E-state index in [1.54, 1.807) is 4.90 Å². The van der Waals surface area contributed by atoms with Crippen LogP contribution >= 0.6 is 0 Å². The molecule has 1 amide bonds. The molecule has 0 bridgehead atoms. The highest BCUT2D eigenvalue weighted by atomic mass is 16.5. The fraction of sp³-hybridized carbons (Fsp3) is 0.192. The molecule has 0 N–H and O–H groups in total. The molecule has 0 aliphatic carbocycles. The minimum atomic E-state index is -0.694. The summed E-state index contributed by atoms with van der Waals surface area (Å²) in [7, 11) is 2.53. The lowest BCUT2D eigenvalue weighted by molar-refractivity contribution is -0.141. The Labute approximate surface area is 186 Å². The Kier molecular flexibility index (Phi) is 6.03. The summed E-state index contributed by atoms with van der Waals surface area (Å²) < 4.78 is 9.85. The number of fused-ring (bicyclic) bond motifs is 1. The van der Waals surface area contributed by atoms with Crippen LogP contribution in [0.1, 0.15) is 23.6 Å². The molecule has 0 saturated carbocycles. The van der Waals surface area contributed by atoms with Crippen LogP contribution in [0.25, 0.3) is 10.8 Å². The van der Waals surface area contributed by atoms with E-state index in [1.807, 2.05) is 72.8 Å². The molecule has 1 heterocycles. The van der Waals surface area contributed by atoms with Crippen LogP contribution in [-0.2, 0) is 30.4 Å². The fourth-order valence-electron chi connectivity index (χ4n) is 4.21. The van der Waals surface area contributed by atoms with Crippen molar-refractivity contribution in [2.75, 3.05) is 14.2 Å². The number of methoxy groups -OCH3 is 2. The monoisotopic (exact) mass is 429 g/mol. The lowest BCUT2D eigenvalue weighted by atomic mass is 9.92. The van der Waals surface area contributed by atoms with Crippen LogP contribution in [0.2, 0.25) is 0 Å². The third-order valence-electron chi connectivity index (χ3n) is 5.70. The lowest BCUT2D eigenvalue weighted by Gasteiger charge is -2.28. The molecule has 0 saturated heterocycles. The van der Waals surface area contributed by atoms with Gasteiger partial charge in [-0.15, -0.1) is 0 Å². The van der Waals surface area contributed by atoms with E-state index in [0.717, 1.165) is 21.9 Å². The van der Waals surface area contributed by atoms with Crippen molar-refractivity contribution in [1.82, 2.24) is 4.90 Å². The number of amides is 1. The first-order valence-corrected chi connectivity index (χ1v) is 10.3. The van der Waals surface area contributed by atoms with Gasteiger partial charge >= 0.3 is 11.9 Å². The quantitative estimate of drug-likeness (QED) is 0.555. The first kappa shape index (κ1) is 21.3. The van der Waals surface area contributed by atoms with Gasteiger partial charge in [0.2, 0.25) is 0 Å². The number of ether oxygens (including phenoxy) is 2. The molecule has 0 aromatic heterocycles. The fourth-order valence-corrected chi connectivity index (χ4v) is 4.21. The van der Waals surface area contributed by atoms with Crippen LogP contribution < -0.4 is 0 Å². The molecular formula is C26H23NO5. The maximum atomic E-state index is 13.6. The number of hydrogen-bond acceptors (Lipinski definition) is 5. The Hall–Kier alpha value is -3.93. The minimum absolute atomic E-state index is 0.109. The molecule has 3 aromatic carbocycles. The van der Waals surface area contributed by atoms with Crippen molar-refractivity contribution in [3.05, 3.63) is 95.1 Å². The van der Waals surface area contributed by atoms with Crippen LogP contribution in [-0.4, -0.2) is 37.0 Å². The molecule has 1 unspecified atom stereocenters. The predicted octanol–water partition coefficient (Wildman–Crippen LogP) is 3.96. The summed E-state index contributed by atoms with van der Waals surface area (Å²) in [5.41, 5.74) is 2.00. The molecule has 0 spiro atoms. The van der Waals surface area contributed by atoms with Gasteiger partial charge in [-0.1, -0.05) is 72.8 Å². The smallest absolute Gasteiger partial charge is 0.336 e. The molecule has 32 heavy (non-hydrogen) atoms. The average Bonchev–Trinajstić information content (AvgIpc) is 3.09. The zero-order chi connectivity index (χ0) is 22.7. The van der Waals surface area contributed by atoms with Gasteiger partial charge in [-0.2, -0.15) is 0 Å². The topological polar surface area (TPSA) is 72.9 Å². The van der Waals surface area contributed by atoms with E-state index < -0.39 is 18.0 Å². The number of benzene rings is 3. The average molecular weight is 429 g/mol. The van der Waals surface area contributed by atoms with Crippen LogP contribution in [0, 0.1) is 0 Å². The van der Waals surface area contributed by atoms with Crippen LogP contribution in [0.3, 0.4) is 0 Å². The Balaban J connectivity index is 1.92. The van der Waals surface area contributed by atoms with Gasteiger partial charge in [-0.25, -0.2) is 4.79 Å². The molecule has 1 aliphatic heterocycles. The van der Waals surface area contributed by atoms with E-state index in [2.05, 4.69) is 0 Å². The first-order valence-electron chi connectivity index (χ1n) is 10.3. The van der Waals surface area contributed by atoms with Crippen LogP contribution in [0.15, 0.2) is 83.9 Å². The molecule has 0 fully saturated rings. The van der Waals surface area contributed by atoms with Crippen molar-refractivity contribution in [2.45, 2.75) is 19.0 Å². The van der Waals surface area contributed by atoms with E-state index in [9.17, 15) is 14.4 Å². The second-order valence-electron chi connectivity index (χ2n) is 7.53. The Morgan fingerprint density at radius 3 is 2.28 bits per heavy atom. The first-order chi connectivity index (χ1) is 15.5. The molecule has 3 aromatic rings. The van der Waals surface area contributed by atoms with Crippen LogP contribution in [0.4, 0.5) is 0 Å². The standard InChI is InChI=1S/C26H23NO5/c1-31-22(28)15-21-23(26(30)32-2)24(20-14-8-12-18-11-6-7-13-19(18)20)27(25(21)29)16-17-9-4-3-5-10-17/h3-14,24H,15-16H2,1-2H3. The molecular weight excluding hydrogens is 406 g/mol. The summed E-state index contributed by atoms with van der Waals surface area (Å²) in [6.07, 6.45) is -0.299. The molecule has 6 nitrogen and oxygen atoms in total. The maximum Gasteiger partial charge on any atom is 0.336 e. The summed E-state index contributed by atoms with van der Waals surface area (Å²) in [5, 5.41) is 1.91. The molecule has 0 radical (unpaired) electrons. The SMILES string of the molecule is COC(=O)CC1=C(C(=O)OC)C(c2cccc3ccccc23)N(Cc2ccccc2)C1=O. The van der Waals surface area contributed by atoms with Crippen molar-refractivity contribution in [3.63, 3.8) is 0 Å². The van der Waals surface area contributed by atoms with Gasteiger partial charge in [0, 0.05) is 12.1 Å². The molecule has 1 aliphatic rings. The van der Waals surface area contributed by atoms with Crippen molar-refractivity contribution in [2.24, 2.45) is 0 Å². The predicted molar refractivity (Wildman–Crippen MR) is 119 cm³/mol. The highest BCUT2D eigenvalue weighted by Crippen LogP contribution is 2.43. The summed E-state index contributed by atoms with van der Waals surface area (Å²) in [5.74, 6) is -1.60. The van der Waals surface area contributed by atoms with Gasteiger partial charge in [-0.3, -0.25) is 9.59 Å². The molecule has 162 valence electrons. The van der Waals surface area contributed by atoms with Crippen molar-refractivity contribution in [1.29, 1.82) is 0 Å². The van der Waals surface area contributed by atoms with Crippen molar-refractivity contribution in [3.8, 4) is 0 Å². The molecule has 6 heteroatoms. The Bertz CT molecular complexity index is 1210. The van der Waals surface area contributed by atoms with E-state index in [-0.39, 0.29) is 30.0 Å². The normalized spacial score (nSPS) is 15.9. The highest BCUT2D eigenvalue weighted by molar-refractivity contribution is 6.10. The summed E-state index contributed by atoms with van der Waals surface area (Å²) in [6, 6.07) is 22.4. The van der Waals surface area contributed by atoms with Gasteiger partial charge < -0.3 is 14.4 Å². The van der Waals surface area contributed by atoms with E-state index in [0.29, 0.717) is 0 Å². The molecule has 1 atom stereocenters. The maximum absolute atomic E-state index is 13.6. The van der Waals surface area contributed by atoms with Crippen LogP contribution in [0.5, 0.6) is 0 Å².